The number of nitrogens with zero attached hydrogens (tertiary/aromatic N) is 2. The first-order valence-corrected chi connectivity index (χ1v) is 11.5. The highest BCUT2D eigenvalue weighted by Gasteiger charge is 2.50. The van der Waals surface area contributed by atoms with Gasteiger partial charge in [0, 0.05) is 28.4 Å². The second-order valence-electron chi connectivity index (χ2n) is 7.60. The summed E-state index contributed by atoms with van der Waals surface area (Å²) in [4.78, 5) is 15.9. The van der Waals surface area contributed by atoms with Gasteiger partial charge in [-0.1, -0.05) is 11.8 Å². The molecule has 0 aliphatic carbocycles. The minimum absolute atomic E-state index is 0.0575. The first-order chi connectivity index (χ1) is 14.1. The maximum Gasteiger partial charge on any atom is 0.263 e. The number of halogens is 1. The van der Waals surface area contributed by atoms with Gasteiger partial charge in [-0.3, -0.25) is 14.9 Å². The molecule has 2 aromatic rings. The predicted octanol–water partition coefficient (Wildman–Crippen LogP) is 2.57. The van der Waals surface area contributed by atoms with Crippen LogP contribution in [0.4, 0.5) is 4.39 Å². The minimum Gasteiger partial charge on any atom is -0.298 e. The third-order valence-corrected chi connectivity index (χ3v) is 8.33. The molecule has 1 aliphatic heterocycles. The standard InChI is InChI=1S/C20H24FN3O4S2/c1-20(2)18(19(25)22-26)24(13-12-23(20)3)30(27,28)17-10-8-16(9-11-17)29-15-6-4-14(21)5-7-15/h4-11,18,26H,12-13H2,1-3H3,(H,22,25)/t18-/m0/s1. The van der Waals surface area contributed by atoms with E-state index in [4.69, 9.17) is 0 Å². The van der Waals surface area contributed by atoms with E-state index >= 15 is 0 Å². The second-order valence-corrected chi connectivity index (χ2v) is 10.6. The molecule has 30 heavy (non-hydrogen) atoms. The zero-order valence-corrected chi connectivity index (χ0v) is 18.5. The maximum atomic E-state index is 13.3. The minimum atomic E-state index is -3.98. The van der Waals surface area contributed by atoms with Crippen molar-refractivity contribution in [3.05, 3.63) is 54.3 Å². The Morgan fingerprint density at radius 3 is 2.17 bits per heavy atom. The van der Waals surface area contributed by atoms with Gasteiger partial charge in [-0.25, -0.2) is 18.3 Å². The summed E-state index contributed by atoms with van der Waals surface area (Å²) < 4.78 is 40.8. The molecule has 1 amide bonds. The molecule has 0 spiro atoms. The molecule has 0 bridgehead atoms. The van der Waals surface area contributed by atoms with Gasteiger partial charge in [0.25, 0.3) is 5.91 Å². The number of hydrogen-bond acceptors (Lipinski definition) is 6. The predicted molar refractivity (Wildman–Crippen MR) is 111 cm³/mol. The number of nitrogens with one attached hydrogen (secondary N) is 1. The van der Waals surface area contributed by atoms with Crippen molar-refractivity contribution in [2.24, 2.45) is 0 Å². The van der Waals surface area contributed by atoms with E-state index in [0.717, 1.165) is 14.1 Å². The lowest BCUT2D eigenvalue weighted by Crippen LogP contribution is -2.69. The van der Waals surface area contributed by atoms with Crippen LogP contribution in [0.15, 0.2) is 63.2 Å². The molecule has 1 aliphatic rings. The third kappa shape index (κ3) is 4.37. The van der Waals surface area contributed by atoms with Gasteiger partial charge in [0.15, 0.2) is 0 Å². The van der Waals surface area contributed by atoms with E-state index in [2.05, 4.69) is 0 Å². The molecule has 10 heteroatoms. The van der Waals surface area contributed by atoms with Crippen LogP contribution in [0.3, 0.4) is 0 Å². The highest BCUT2D eigenvalue weighted by molar-refractivity contribution is 7.99. The summed E-state index contributed by atoms with van der Waals surface area (Å²) in [7, 11) is -2.17. The van der Waals surface area contributed by atoms with Gasteiger partial charge in [-0.2, -0.15) is 4.31 Å². The summed E-state index contributed by atoms with van der Waals surface area (Å²) in [6.07, 6.45) is 0. The Labute approximate surface area is 179 Å². The van der Waals surface area contributed by atoms with Crippen molar-refractivity contribution < 1.29 is 22.8 Å². The number of piperazine rings is 1. The summed E-state index contributed by atoms with van der Waals surface area (Å²) >= 11 is 1.38. The van der Waals surface area contributed by atoms with Gasteiger partial charge in [-0.05, 0) is 69.4 Å². The fourth-order valence-electron chi connectivity index (χ4n) is 3.45. The first-order valence-electron chi connectivity index (χ1n) is 9.28. The van der Waals surface area contributed by atoms with E-state index in [1.54, 1.807) is 43.6 Å². The molecule has 7 nitrogen and oxygen atoms in total. The molecule has 1 atom stereocenters. The fraction of sp³-hybridized carbons (Fsp3) is 0.350. The van der Waals surface area contributed by atoms with Crippen LogP contribution in [0.25, 0.3) is 0 Å². The number of rotatable bonds is 5. The van der Waals surface area contributed by atoms with Crippen molar-refractivity contribution in [1.82, 2.24) is 14.7 Å². The lowest BCUT2D eigenvalue weighted by molar-refractivity contribution is -0.140. The third-order valence-electron chi connectivity index (χ3n) is 5.43. The summed E-state index contributed by atoms with van der Waals surface area (Å²) in [5, 5.41) is 9.19. The van der Waals surface area contributed by atoms with Crippen LogP contribution in [-0.2, 0) is 14.8 Å². The highest BCUT2D eigenvalue weighted by atomic mass is 32.2. The number of hydroxylamine groups is 1. The molecule has 2 aromatic carbocycles. The monoisotopic (exact) mass is 453 g/mol. The Balaban J connectivity index is 1.88. The van der Waals surface area contributed by atoms with Gasteiger partial charge >= 0.3 is 0 Å². The van der Waals surface area contributed by atoms with Crippen molar-refractivity contribution in [3.8, 4) is 0 Å². The van der Waals surface area contributed by atoms with Gasteiger partial charge in [-0.15, -0.1) is 0 Å². The molecule has 0 saturated carbocycles. The van der Waals surface area contributed by atoms with Crippen LogP contribution in [0.1, 0.15) is 13.8 Å². The highest BCUT2D eigenvalue weighted by Crippen LogP contribution is 2.33. The number of amides is 1. The maximum absolute atomic E-state index is 13.3. The number of carbonyl (C=O) groups excluding carboxylic acids is 1. The number of sulfonamides is 1. The molecular formula is C20H24FN3O4S2. The smallest absolute Gasteiger partial charge is 0.263 e. The topological polar surface area (TPSA) is 90.0 Å². The van der Waals surface area contributed by atoms with Crippen LogP contribution < -0.4 is 5.48 Å². The van der Waals surface area contributed by atoms with Crippen molar-refractivity contribution in [1.29, 1.82) is 0 Å². The number of hydrogen-bond donors (Lipinski definition) is 2. The average molecular weight is 454 g/mol. The molecule has 0 aromatic heterocycles. The average Bonchev–Trinajstić information content (AvgIpc) is 2.71. The number of benzene rings is 2. The largest absolute Gasteiger partial charge is 0.298 e. The van der Waals surface area contributed by atoms with Crippen LogP contribution in [0, 0.1) is 5.82 Å². The Bertz CT molecular complexity index is 1010. The Morgan fingerprint density at radius 1 is 1.10 bits per heavy atom. The Hall–Kier alpha value is -1.98. The van der Waals surface area contributed by atoms with Crippen LogP contribution in [0.2, 0.25) is 0 Å². The normalized spacial score (nSPS) is 20.1. The fourth-order valence-corrected chi connectivity index (χ4v) is 5.97. The molecule has 0 unspecified atom stereocenters. The molecule has 2 N–H and O–H groups in total. The quantitative estimate of drug-likeness (QED) is 0.534. The van der Waals surface area contributed by atoms with E-state index in [-0.39, 0.29) is 17.3 Å². The van der Waals surface area contributed by atoms with Gasteiger partial charge in [0.05, 0.1) is 4.90 Å². The summed E-state index contributed by atoms with van der Waals surface area (Å²) in [5.74, 6) is -1.10. The van der Waals surface area contributed by atoms with Crippen molar-refractivity contribution >= 4 is 27.7 Å². The summed E-state index contributed by atoms with van der Waals surface area (Å²) in [5.41, 5.74) is 0.780. The van der Waals surface area contributed by atoms with Crippen molar-refractivity contribution in [2.75, 3.05) is 20.1 Å². The lowest BCUT2D eigenvalue weighted by Gasteiger charge is -2.49. The van der Waals surface area contributed by atoms with Crippen LogP contribution >= 0.6 is 11.8 Å². The molecule has 0 radical (unpaired) electrons. The molecule has 1 fully saturated rings. The van der Waals surface area contributed by atoms with E-state index < -0.39 is 27.5 Å². The Kier molecular flexibility index (Phi) is 6.54. The molecule has 3 rings (SSSR count). The van der Waals surface area contributed by atoms with Gasteiger partial charge < -0.3 is 0 Å². The second kappa shape index (κ2) is 8.64. The van der Waals surface area contributed by atoms with Crippen molar-refractivity contribution in [3.63, 3.8) is 0 Å². The van der Waals surface area contributed by atoms with E-state index in [1.807, 2.05) is 11.9 Å². The van der Waals surface area contributed by atoms with E-state index in [9.17, 15) is 22.8 Å². The summed E-state index contributed by atoms with van der Waals surface area (Å²) in [6.45, 7) is 4.08. The molecule has 1 saturated heterocycles. The number of likely N-dealkylation sites (N-methyl/N-ethyl adjacent to an activating group) is 1. The molecule has 1 heterocycles. The van der Waals surface area contributed by atoms with Crippen LogP contribution in [0.5, 0.6) is 0 Å². The zero-order valence-electron chi connectivity index (χ0n) is 16.9. The van der Waals surface area contributed by atoms with Gasteiger partial charge in [0.2, 0.25) is 10.0 Å². The van der Waals surface area contributed by atoms with Gasteiger partial charge in [0.1, 0.15) is 11.9 Å². The van der Waals surface area contributed by atoms with Crippen LogP contribution in [-0.4, -0.2) is 60.5 Å². The first kappa shape index (κ1) is 22.7. The molecular weight excluding hydrogens is 429 g/mol. The molecule has 162 valence electrons. The van der Waals surface area contributed by atoms with Crippen molar-refractivity contribution in [2.45, 2.75) is 40.1 Å². The SMILES string of the molecule is CN1CCN(S(=O)(=O)c2ccc(Sc3ccc(F)cc3)cc2)[C@@H](C(=O)NO)C1(C)C. The van der Waals surface area contributed by atoms with E-state index in [0.29, 0.717) is 6.54 Å². The summed E-state index contributed by atoms with van der Waals surface area (Å²) in [6, 6.07) is 11.2. The van der Waals surface area contributed by atoms with E-state index in [1.165, 1.54) is 36.0 Å². The Morgan fingerprint density at radius 2 is 1.63 bits per heavy atom. The number of carbonyl (C=O) groups is 1. The lowest BCUT2D eigenvalue weighted by atomic mass is 9.90. The zero-order chi connectivity index (χ0) is 22.1.